The van der Waals surface area contributed by atoms with E-state index in [1.165, 1.54) is 11.6 Å². The Morgan fingerprint density at radius 3 is 2.79 bits per heavy atom. The molecule has 68 valence electrons. The van der Waals surface area contributed by atoms with Crippen molar-refractivity contribution in [2.45, 2.75) is 12.8 Å². The van der Waals surface area contributed by atoms with Crippen molar-refractivity contribution in [1.82, 2.24) is 0 Å². The fourth-order valence-corrected chi connectivity index (χ4v) is 2.27. The van der Waals surface area contributed by atoms with Gasteiger partial charge in [-0.2, -0.15) is 0 Å². The molecule has 0 unspecified atom stereocenters. The van der Waals surface area contributed by atoms with Gasteiger partial charge in [0.2, 0.25) is 11.6 Å². The van der Waals surface area contributed by atoms with E-state index in [4.69, 9.17) is 0 Å². The summed E-state index contributed by atoms with van der Waals surface area (Å²) < 4.78 is 0. The van der Waals surface area contributed by atoms with E-state index in [1.807, 2.05) is 12.1 Å². The Balaban J connectivity index is 2.40. The summed E-state index contributed by atoms with van der Waals surface area (Å²) in [5, 5.41) is 0. The molecule has 0 amide bonds. The molecule has 1 aromatic rings. The van der Waals surface area contributed by atoms with Crippen LogP contribution in [0.4, 0.5) is 0 Å². The van der Waals surface area contributed by atoms with E-state index < -0.39 is 0 Å². The number of hydrogen-bond acceptors (Lipinski definition) is 2. The maximum Gasteiger partial charge on any atom is 0.233 e. The molecule has 0 saturated heterocycles. The SMILES string of the molecule is O=C1C=C2CCc3cccc(c32)C1=O. The van der Waals surface area contributed by atoms with Gasteiger partial charge in [0.1, 0.15) is 0 Å². The zero-order chi connectivity index (χ0) is 9.71. The minimum atomic E-state index is -0.369. The van der Waals surface area contributed by atoms with Gasteiger partial charge >= 0.3 is 0 Å². The highest BCUT2D eigenvalue weighted by Crippen LogP contribution is 2.37. The van der Waals surface area contributed by atoms with E-state index in [1.54, 1.807) is 6.07 Å². The van der Waals surface area contributed by atoms with Crippen LogP contribution in [0, 0.1) is 0 Å². The number of carbonyl (C=O) groups excluding carboxylic acids is 2. The van der Waals surface area contributed by atoms with Crippen LogP contribution in [-0.2, 0) is 11.2 Å². The maximum absolute atomic E-state index is 11.5. The van der Waals surface area contributed by atoms with Crippen molar-refractivity contribution in [2.24, 2.45) is 0 Å². The summed E-state index contributed by atoms with van der Waals surface area (Å²) in [6, 6.07) is 5.63. The monoisotopic (exact) mass is 184 g/mol. The topological polar surface area (TPSA) is 34.1 Å². The summed E-state index contributed by atoms with van der Waals surface area (Å²) in [4.78, 5) is 22.9. The number of aryl methyl sites for hydroxylation is 1. The van der Waals surface area contributed by atoms with Gasteiger partial charge in [0.25, 0.3) is 0 Å². The first kappa shape index (κ1) is 7.68. The van der Waals surface area contributed by atoms with Gasteiger partial charge in [-0.25, -0.2) is 0 Å². The van der Waals surface area contributed by atoms with Crippen molar-refractivity contribution in [2.75, 3.05) is 0 Å². The molecule has 0 spiro atoms. The first-order chi connectivity index (χ1) is 6.77. The first-order valence-corrected chi connectivity index (χ1v) is 4.69. The van der Waals surface area contributed by atoms with Crippen LogP contribution in [0.3, 0.4) is 0 Å². The lowest BCUT2D eigenvalue weighted by molar-refractivity contribution is -0.111. The molecule has 2 heteroatoms. The van der Waals surface area contributed by atoms with Crippen LogP contribution in [0.25, 0.3) is 5.57 Å². The molecular formula is C12H8O2. The molecule has 0 aromatic heterocycles. The van der Waals surface area contributed by atoms with Gasteiger partial charge in [-0.3, -0.25) is 9.59 Å². The number of benzene rings is 1. The van der Waals surface area contributed by atoms with Crippen LogP contribution in [0.1, 0.15) is 27.9 Å². The second-order valence-electron chi connectivity index (χ2n) is 3.70. The number of carbonyl (C=O) groups is 2. The zero-order valence-electron chi connectivity index (χ0n) is 7.54. The van der Waals surface area contributed by atoms with Crippen LogP contribution in [0.15, 0.2) is 24.3 Å². The highest BCUT2D eigenvalue weighted by atomic mass is 16.2. The molecule has 2 nitrogen and oxygen atoms in total. The lowest BCUT2D eigenvalue weighted by atomic mass is 9.90. The van der Waals surface area contributed by atoms with Crippen LogP contribution in [0.5, 0.6) is 0 Å². The third kappa shape index (κ3) is 0.803. The second kappa shape index (κ2) is 2.41. The molecule has 0 N–H and O–H groups in total. The minimum Gasteiger partial charge on any atom is -0.286 e. The van der Waals surface area contributed by atoms with E-state index in [0.29, 0.717) is 5.56 Å². The smallest absolute Gasteiger partial charge is 0.233 e. The molecular weight excluding hydrogens is 176 g/mol. The molecule has 2 aliphatic carbocycles. The van der Waals surface area contributed by atoms with Crippen molar-refractivity contribution in [3.63, 3.8) is 0 Å². The fourth-order valence-electron chi connectivity index (χ4n) is 2.27. The first-order valence-electron chi connectivity index (χ1n) is 4.69. The van der Waals surface area contributed by atoms with E-state index in [9.17, 15) is 9.59 Å². The Bertz CT molecular complexity index is 495. The van der Waals surface area contributed by atoms with Crippen molar-refractivity contribution >= 4 is 17.1 Å². The molecule has 0 aliphatic heterocycles. The Morgan fingerprint density at radius 1 is 1.07 bits per heavy atom. The van der Waals surface area contributed by atoms with E-state index in [0.717, 1.165) is 24.0 Å². The molecule has 0 atom stereocenters. The molecule has 0 saturated carbocycles. The third-order valence-electron chi connectivity index (χ3n) is 2.91. The van der Waals surface area contributed by atoms with Gasteiger partial charge in [0.05, 0.1) is 0 Å². The van der Waals surface area contributed by atoms with Crippen LogP contribution < -0.4 is 0 Å². The Morgan fingerprint density at radius 2 is 1.93 bits per heavy atom. The zero-order valence-corrected chi connectivity index (χ0v) is 7.54. The average molecular weight is 184 g/mol. The van der Waals surface area contributed by atoms with Crippen molar-refractivity contribution in [3.05, 3.63) is 41.0 Å². The molecule has 14 heavy (non-hydrogen) atoms. The van der Waals surface area contributed by atoms with Gasteiger partial charge in [-0.1, -0.05) is 18.2 Å². The van der Waals surface area contributed by atoms with Crippen LogP contribution in [0.2, 0.25) is 0 Å². The Kier molecular flexibility index (Phi) is 1.32. The molecule has 0 fully saturated rings. The minimum absolute atomic E-state index is 0.354. The van der Waals surface area contributed by atoms with E-state index >= 15 is 0 Å². The Labute approximate surface area is 81.2 Å². The van der Waals surface area contributed by atoms with Gasteiger partial charge in [0.15, 0.2) is 0 Å². The largest absolute Gasteiger partial charge is 0.286 e. The summed E-state index contributed by atoms with van der Waals surface area (Å²) in [6.45, 7) is 0. The molecule has 2 aliphatic rings. The maximum atomic E-state index is 11.5. The standard InChI is InChI=1S/C12H8O2/c13-10-6-8-5-4-7-2-1-3-9(11(7)8)12(10)14/h1-3,6H,4-5H2. The van der Waals surface area contributed by atoms with Gasteiger partial charge < -0.3 is 0 Å². The molecule has 3 rings (SSSR count). The summed E-state index contributed by atoms with van der Waals surface area (Å²) in [7, 11) is 0. The quantitative estimate of drug-likeness (QED) is 0.576. The molecule has 0 radical (unpaired) electrons. The van der Waals surface area contributed by atoms with Crippen LogP contribution in [-0.4, -0.2) is 11.6 Å². The fraction of sp³-hybridized carbons (Fsp3) is 0.167. The predicted molar refractivity (Wildman–Crippen MR) is 52.1 cm³/mol. The summed E-state index contributed by atoms with van der Waals surface area (Å²) in [6.07, 6.45) is 3.35. The van der Waals surface area contributed by atoms with E-state index in [2.05, 4.69) is 0 Å². The number of rotatable bonds is 0. The molecule has 1 aromatic carbocycles. The second-order valence-corrected chi connectivity index (χ2v) is 3.70. The number of ketones is 2. The average Bonchev–Trinajstić information content (AvgIpc) is 2.59. The Hall–Kier alpha value is -1.70. The highest BCUT2D eigenvalue weighted by Gasteiger charge is 2.30. The highest BCUT2D eigenvalue weighted by molar-refractivity contribution is 6.50. The van der Waals surface area contributed by atoms with Crippen molar-refractivity contribution in [1.29, 1.82) is 0 Å². The summed E-state index contributed by atoms with van der Waals surface area (Å²) >= 11 is 0. The number of hydrogen-bond donors (Lipinski definition) is 0. The summed E-state index contributed by atoms with van der Waals surface area (Å²) in [5.74, 6) is -0.723. The number of Topliss-reactive ketones (excluding diaryl/α,β-unsaturated/α-hetero) is 1. The normalized spacial score (nSPS) is 18.1. The predicted octanol–water partition coefficient (Wildman–Crippen LogP) is 1.78. The van der Waals surface area contributed by atoms with E-state index in [-0.39, 0.29) is 11.6 Å². The van der Waals surface area contributed by atoms with Crippen LogP contribution >= 0.6 is 0 Å². The van der Waals surface area contributed by atoms with Gasteiger partial charge in [-0.05, 0) is 35.6 Å². The lowest BCUT2D eigenvalue weighted by Gasteiger charge is -2.11. The molecule has 0 heterocycles. The number of allylic oxidation sites excluding steroid dienone is 2. The van der Waals surface area contributed by atoms with Crippen molar-refractivity contribution < 1.29 is 9.59 Å². The van der Waals surface area contributed by atoms with Crippen molar-refractivity contribution in [3.8, 4) is 0 Å². The van der Waals surface area contributed by atoms with Gasteiger partial charge in [0, 0.05) is 5.56 Å². The lowest BCUT2D eigenvalue weighted by Crippen LogP contribution is -2.17. The van der Waals surface area contributed by atoms with Gasteiger partial charge in [-0.15, -0.1) is 0 Å². The molecule has 0 bridgehead atoms. The summed E-state index contributed by atoms with van der Waals surface area (Å²) in [5.41, 5.74) is 3.87. The third-order valence-corrected chi connectivity index (χ3v) is 2.91.